The Labute approximate surface area is 129 Å². The molecule has 0 saturated carbocycles. The van der Waals surface area contributed by atoms with Crippen LogP contribution in [0.3, 0.4) is 0 Å². The molecular weight excluding hydrogens is 288 g/mol. The first-order valence-corrected chi connectivity index (χ1v) is 8.04. The van der Waals surface area contributed by atoms with Crippen LogP contribution in [-0.2, 0) is 11.2 Å². The average Bonchev–Trinajstić information content (AvgIpc) is 2.46. The number of aryl methyl sites for hydroxylation is 1. The van der Waals surface area contributed by atoms with Gasteiger partial charge in [0, 0.05) is 16.3 Å². The molecule has 0 aliphatic carbocycles. The van der Waals surface area contributed by atoms with E-state index in [-0.39, 0.29) is 0 Å². The molecule has 0 radical (unpaired) electrons. The second-order valence-electron chi connectivity index (χ2n) is 4.62. The summed E-state index contributed by atoms with van der Waals surface area (Å²) in [7, 11) is 0. The molecule has 0 aliphatic heterocycles. The standard InChI is InChI=1S/C17H17ClOS/c18-15-9-5-11-17(12-15)20-13-16(19)10-4-8-14-6-2-1-3-7-14/h1-3,5-7,9,11-12H,4,8,10,13H2. The zero-order valence-electron chi connectivity index (χ0n) is 11.2. The van der Waals surface area contributed by atoms with Crippen LogP contribution in [0.2, 0.25) is 5.02 Å². The number of carbonyl (C=O) groups is 1. The highest BCUT2D eigenvalue weighted by atomic mass is 35.5. The first kappa shape index (κ1) is 15.1. The topological polar surface area (TPSA) is 17.1 Å². The van der Waals surface area contributed by atoms with Crippen LogP contribution in [-0.4, -0.2) is 11.5 Å². The number of hydrogen-bond donors (Lipinski definition) is 0. The summed E-state index contributed by atoms with van der Waals surface area (Å²) in [6.07, 6.45) is 2.52. The fraction of sp³-hybridized carbons (Fsp3) is 0.235. The lowest BCUT2D eigenvalue weighted by atomic mass is 10.1. The van der Waals surface area contributed by atoms with Crippen LogP contribution in [0.25, 0.3) is 0 Å². The lowest BCUT2D eigenvalue weighted by molar-refractivity contribution is -0.116. The number of carbonyl (C=O) groups excluding carboxylic acids is 1. The van der Waals surface area contributed by atoms with Gasteiger partial charge in [-0.2, -0.15) is 0 Å². The third-order valence-electron chi connectivity index (χ3n) is 2.96. The molecule has 0 N–H and O–H groups in total. The average molecular weight is 305 g/mol. The van der Waals surface area contributed by atoms with Gasteiger partial charge in [0.25, 0.3) is 0 Å². The minimum atomic E-state index is 0.297. The second kappa shape index (κ2) is 8.13. The van der Waals surface area contributed by atoms with Gasteiger partial charge >= 0.3 is 0 Å². The van der Waals surface area contributed by atoms with Gasteiger partial charge in [0.1, 0.15) is 5.78 Å². The summed E-state index contributed by atoms with van der Waals surface area (Å²) >= 11 is 7.47. The van der Waals surface area contributed by atoms with E-state index in [2.05, 4.69) is 12.1 Å². The van der Waals surface area contributed by atoms with Crippen molar-refractivity contribution in [3.05, 3.63) is 65.2 Å². The Morgan fingerprint density at radius 2 is 1.85 bits per heavy atom. The third kappa shape index (κ3) is 5.40. The minimum Gasteiger partial charge on any atom is -0.299 e. The zero-order chi connectivity index (χ0) is 14.2. The summed E-state index contributed by atoms with van der Waals surface area (Å²) in [6.45, 7) is 0. The molecule has 2 aromatic rings. The Morgan fingerprint density at radius 3 is 2.60 bits per heavy atom. The zero-order valence-corrected chi connectivity index (χ0v) is 12.8. The van der Waals surface area contributed by atoms with Crippen molar-refractivity contribution < 1.29 is 4.79 Å². The summed E-state index contributed by atoms with van der Waals surface area (Å²) in [6, 6.07) is 17.9. The SMILES string of the molecule is O=C(CCCc1ccccc1)CSc1cccc(Cl)c1. The van der Waals surface area contributed by atoms with Gasteiger partial charge in [-0.25, -0.2) is 0 Å². The van der Waals surface area contributed by atoms with Crippen LogP contribution in [0, 0.1) is 0 Å². The maximum absolute atomic E-state index is 11.8. The van der Waals surface area contributed by atoms with Crippen molar-refractivity contribution in [3.8, 4) is 0 Å². The van der Waals surface area contributed by atoms with E-state index in [0.29, 0.717) is 23.0 Å². The van der Waals surface area contributed by atoms with Gasteiger partial charge < -0.3 is 0 Å². The molecule has 0 heterocycles. The summed E-state index contributed by atoms with van der Waals surface area (Å²) in [4.78, 5) is 12.9. The quantitative estimate of drug-likeness (QED) is 0.668. The smallest absolute Gasteiger partial charge is 0.143 e. The number of ketones is 1. The maximum atomic E-state index is 11.8. The van der Waals surface area contributed by atoms with Crippen LogP contribution in [0.1, 0.15) is 18.4 Å². The van der Waals surface area contributed by atoms with Crippen LogP contribution in [0.5, 0.6) is 0 Å². The lowest BCUT2D eigenvalue weighted by Gasteiger charge is -2.03. The maximum Gasteiger partial charge on any atom is 0.143 e. The van der Waals surface area contributed by atoms with Crippen LogP contribution >= 0.6 is 23.4 Å². The monoisotopic (exact) mass is 304 g/mol. The van der Waals surface area contributed by atoms with Crippen molar-refractivity contribution in [2.75, 3.05) is 5.75 Å². The molecule has 0 amide bonds. The first-order valence-electron chi connectivity index (χ1n) is 6.68. The molecule has 2 rings (SSSR count). The highest BCUT2D eigenvalue weighted by Crippen LogP contribution is 2.22. The van der Waals surface area contributed by atoms with E-state index >= 15 is 0 Å². The van der Waals surface area contributed by atoms with Crippen LogP contribution in [0.15, 0.2) is 59.5 Å². The molecule has 0 aliphatic rings. The molecule has 0 aromatic heterocycles. The Morgan fingerprint density at radius 1 is 1.05 bits per heavy atom. The van der Waals surface area contributed by atoms with Crippen molar-refractivity contribution in [2.45, 2.75) is 24.2 Å². The van der Waals surface area contributed by atoms with Crippen molar-refractivity contribution in [3.63, 3.8) is 0 Å². The molecule has 0 unspecified atom stereocenters. The van der Waals surface area contributed by atoms with Gasteiger partial charge in [-0.3, -0.25) is 4.79 Å². The number of benzene rings is 2. The molecule has 1 nitrogen and oxygen atoms in total. The van der Waals surface area contributed by atoms with E-state index in [9.17, 15) is 4.79 Å². The molecule has 0 bridgehead atoms. The van der Waals surface area contributed by atoms with Gasteiger partial charge in [0.15, 0.2) is 0 Å². The first-order chi connectivity index (χ1) is 9.74. The molecule has 2 aromatic carbocycles. The van der Waals surface area contributed by atoms with Gasteiger partial charge in [0.2, 0.25) is 0 Å². The third-order valence-corrected chi connectivity index (χ3v) is 4.25. The van der Waals surface area contributed by atoms with Crippen molar-refractivity contribution in [2.24, 2.45) is 0 Å². The molecule has 3 heteroatoms. The van der Waals surface area contributed by atoms with E-state index < -0.39 is 0 Å². The molecule has 20 heavy (non-hydrogen) atoms. The molecule has 0 spiro atoms. The van der Waals surface area contributed by atoms with E-state index in [4.69, 9.17) is 11.6 Å². The van der Waals surface area contributed by atoms with Crippen molar-refractivity contribution in [1.82, 2.24) is 0 Å². The van der Waals surface area contributed by atoms with E-state index in [1.807, 2.05) is 42.5 Å². The number of hydrogen-bond acceptors (Lipinski definition) is 2. The Hall–Kier alpha value is -1.25. The highest BCUT2D eigenvalue weighted by molar-refractivity contribution is 8.00. The highest BCUT2D eigenvalue weighted by Gasteiger charge is 2.04. The van der Waals surface area contributed by atoms with Gasteiger partial charge in [-0.05, 0) is 36.6 Å². The summed E-state index contributed by atoms with van der Waals surface area (Å²) in [5.74, 6) is 0.820. The summed E-state index contributed by atoms with van der Waals surface area (Å²) in [5.41, 5.74) is 1.29. The van der Waals surface area contributed by atoms with E-state index in [0.717, 1.165) is 17.7 Å². The minimum absolute atomic E-state index is 0.297. The van der Waals surface area contributed by atoms with Gasteiger partial charge in [0.05, 0.1) is 5.75 Å². The molecule has 104 valence electrons. The van der Waals surface area contributed by atoms with Crippen molar-refractivity contribution >= 4 is 29.1 Å². The predicted molar refractivity (Wildman–Crippen MR) is 86.6 cm³/mol. The van der Waals surface area contributed by atoms with Crippen LogP contribution in [0.4, 0.5) is 0 Å². The van der Waals surface area contributed by atoms with E-state index in [1.165, 1.54) is 5.56 Å². The Balaban J connectivity index is 1.68. The second-order valence-corrected chi connectivity index (χ2v) is 6.11. The fourth-order valence-electron chi connectivity index (χ4n) is 1.93. The number of Topliss-reactive ketones (excluding diaryl/α,β-unsaturated/α-hetero) is 1. The number of halogens is 1. The lowest BCUT2D eigenvalue weighted by Crippen LogP contribution is -2.02. The fourth-order valence-corrected chi connectivity index (χ4v) is 3.04. The van der Waals surface area contributed by atoms with Crippen molar-refractivity contribution in [1.29, 1.82) is 0 Å². The molecule has 0 fully saturated rings. The van der Waals surface area contributed by atoms with Crippen LogP contribution < -0.4 is 0 Å². The summed E-state index contributed by atoms with van der Waals surface area (Å²) in [5, 5.41) is 0.714. The number of thioether (sulfide) groups is 1. The Bertz CT molecular complexity index is 554. The Kier molecular flexibility index (Phi) is 6.16. The molecule has 0 atom stereocenters. The van der Waals surface area contributed by atoms with Gasteiger partial charge in [-0.1, -0.05) is 48.0 Å². The molecule has 0 saturated heterocycles. The molecular formula is C17H17ClOS. The largest absolute Gasteiger partial charge is 0.299 e. The van der Waals surface area contributed by atoms with Gasteiger partial charge in [-0.15, -0.1) is 11.8 Å². The normalized spacial score (nSPS) is 10.4. The summed E-state index contributed by atoms with van der Waals surface area (Å²) < 4.78 is 0. The van der Waals surface area contributed by atoms with E-state index in [1.54, 1.807) is 11.8 Å². The predicted octanol–water partition coefficient (Wildman–Crippen LogP) is 5.02. The number of rotatable bonds is 7.